The lowest BCUT2D eigenvalue weighted by molar-refractivity contribution is -0.115. The maximum atomic E-state index is 12.9. The lowest BCUT2D eigenvalue weighted by Crippen LogP contribution is -2.46. The first-order chi connectivity index (χ1) is 18.7. The lowest BCUT2D eigenvalue weighted by Gasteiger charge is -2.34. The van der Waals surface area contributed by atoms with Crippen LogP contribution >= 0.6 is 11.6 Å². The molecule has 0 spiro atoms. The van der Waals surface area contributed by atoms with Crippen molar-refractivity contribution in [1.29, 1.82) is 0 Å². The van der Waals surface area contributed by atoms with Gasteiger partial charge in [0.2, 0.25) is 11.9 Å². The molecular formula is C28H42ClN7O3. The number of nitrogens with two attached hydrogens (primary N) is 1. The van der Waals surface area contributed by atoms with Crippen LogP contribution in [0.3, 0.4) is 0 Å². The van der Waals surface area contributed by atoms with Gasteiger partial charge in [0, 0.05) is 43.7 Å². The number of halogens is 1. The monoisotopic (exact) mass is 559 g/mol. The molecule has 214 valence electrons. The Morgan fingerprint density at radius 2 is 1.77 bits per heavy atom. The number of methoxy groups -OCH3 is 1. The Balaban J connectivity index is 0.000000983. The Morgan fingerprint density at radius 3 is 2.38 bits per heavy atom. The quantitative estimate of drug-likeness (QED) is 0.365. The number of anilines is 3. The van der Waals surface area contributed by atoms with E-state index >= 15 is 0 Å². The molecule has 1 aromatic heterocycles. The van der Waals surface area contributed by atoms with Gasteiger partial charge in [-0.2, -0.15) is 4.98 Å². The van der Waals surface area contributed by atoms with E-state index in [1.807, 2.05) is 6.07 Å². The van der Waals surface area contributed by atoms with Gasteiger partial charge in [-0.05, 0) is 57.7 Å². The largest absolute Gasteiger partial charge is 0.495 e. The highest BCUT2D eigenvalue weighted by atomic mass is 35.5. The Labute approximate surface area is 236 Å². The summed E-state index contributed by atoms with van der Waals surface area (Å²) in [4.78, 5) is 33.5. The maximum absolute atomic E-state index is 12.9. The molecule has 39 heavy (non-hydrogen) atoms. The summed E-state index contributed by atoms with van der Waals surface area (Å²) in [7, 11) is 1.59. The Kier molecular flexibility index (Phi) is 11.6. The van der Waals surface area contributed by atoms with Crippen LogP contribution in [-0.2, 0) is 4.79 Å². The molecule has 1 saturated carbocycles. The normalized spacial score (nSPS) is 16.7. The van der Waals surface area contributed by atoms with Gasteiger partial charge in [0.05, 0.1) is 19.0 Å². The van der Waals surface area contributed by atoms with Gasteiger partial charge in [0.25, 0.3) is 5.91 Å². The number of rotatable bonds is 8. The third-order valence-corrected chi connectivity index (χ3v) is 7.27. The van der Waals surface area contributed by atoms with E-state index in [-0.39, 0.29) is 17.9 Å². The number of likely N-dealkylation sites (tertiary alicyclic amines) is 1. The van der Waals surface area contributed by atoms with Crippen molar-refractivity contribution in [2.75, 3.05) is 30.8 Å². The summed E-state index contributed by atoms with van der Waals surface area (Å²) < 4.78 is 5.57. The molecule has 1 saturated heterocycles. The van der Waals surface area contributed by atoms with E-state index in [4.69, 9.17) is 16.3 Å². The van der Waals surface area contributed by atoms with Crippen molar-refractivity contribution in [2.24, 2.45) is 5.73 Å². The van der Waals surface area contributed by atoms with E-state index in [9.17, 15) is 9.59 Å². The number of carbonyl (C=O) groups excluding carboxylic acids is 2. The standard InChI is InChI=1S/C26H37ClN6O2.C2H5NO/c1-17(2)33-13-11-20(12-14-33)30-25(34)18-9-10-22(23(15-18)35-3)31-26-28-16-21(27)24(32-26)29-19-7-5-4-6-8-19;1-2(3)4/h9-10,15-17,19-20H,4-8,11-14H2,1-3H3,(H,30,34)(H2,28,29,31,32);1H3,(H2,3,4). The van der Waals surface area contributed by atoms with Crippen molar-refractivity contribution >= 4 is 40.9 Å². The molecule has 4 rings (SSSR count). The van der Waals surface area contributed by atoms with Crippen LogP contribution in [0.2, 0.25) is 5.02 Å². The molecule has 1 aliphatic carbocycles. The first-order valence-electron chi connectivity index (χ1n) is 13.7. The first kappa shape index (κ1) is 30.4. The Hall–Kier alpha value is -3.11. The molecule has 0 atom stereocenters. The fraction of sp³-hybridized carbons (Fsp3) is 0.571. The van der Waals surface area contributed by atoms with Crippen LogP contribution in [0, 0.1) is 0 Å². The number of carbonyl (C=O) groups is 2. The second-order valence-corrected chi connectivity index (χ2v) is 10.8. The molecule has 2 amide bonds. The van der Waals surface area contributed by atoms with Crippen LogP contribution in [0.1, 0.15) is 76.1 Å². The van der Waals surface area contributed by atoms with Crippen molar-refractivity contribution in [3.8, 4) is 5.75 Å². The summed E-state index contributed by atoms with van der Waals surface area (Å²) in [6, 6.07) is 6.48. The fourth-order valence-electron chi connectivity index (χ4n) is 4.85. The summed E-state index contributed by atoms with van der Waals surface area (Å²) in [6.07, 6.45) is 9.50. The molecule has 1 aliphatic heterocycles. The zero-order chi connectivity index (χ0) is 28.4. The maximum Gasteiger partial charge on any atom is 0.251 e. The molecule has 2 aliphatic rings. The van der Waals surface area contributed by atoms with Crippen LogP contribution < -0.4 is 26.4 Å². The number of hydrogen-bond donors (Lipinski definition) is 4. The predicted molar refractivity (Wildman–Crippen MR) is 156 cm³/mol. The number of nitrogens with one attached hydrogen (secondary N) is 3. The average Bonchev–Trinajstić information content (AvgIpc) is 2.91. The number of piperidine rings is 1. The van der Waals surface area contributed by atoms with Gasteiger partial charge >= 0.3 is 0 Å². The van der Waals surface area contributed by atoms with E-state index in [2.05, 4.69) is 50.4 Å². The van der Waals surface area contributed by atoms with Gasteiger partial charge in [-0.1, -0.05) is 30.9 Å². The third-order valence-electron chi connectivity index (χ3n) is 7.00. The van der Waals surface area contributed by atoms with Crippen molar-refractivity contribution in [1.82, 2.24) is 20.2 Å². The van der Waals surface area contributed by atoms with Crippen LogP contribution in [0.25, 0.3) is 0 Å². The first-order valence-corrected chi connectivity index (χ1v) is 14.1. The second-order valence-electron chi connectivity index (χ2n) is 10.4. The zero-order valence-corrected chi connectivity index (χ0v) is 24.2. The second kappa shape index (κ2) is 14.9. The molecule has 11 heteroatoms. The van der Waals surface area contributed by atoms with Gasteiger partial charge in [0.15, 0.2) is 5.82 Å². The molecule has 0 bridgehead atoms. The summed E-state index contributed by atoms with van der Waals surface area (Å²) in [5, 5.41) is 10.4. The molecule has 2 heterocycles. The Morgan fingerprint density at radius 1 is 1.10 bits per heavy atom. The van der Waals surface area contributed by atoms with Crippen LogP contribution in [0.4, 0.5) is 17.5 Å². The minimum Gasteiger partial charge on any atom is -0.495 e. The number of amides is 2. The molecule has 5 N–H and O–H groups in total. The van der Waals surface area contributed by atoms with E-state index in [1.54, 1.807) is 25.4 Å². The predicted octanol–water partition coefficient (Wildman–Crippen LogP) is 4.72. The van der Waals surface area contributed by atoms with E-state index in [0.717, 1.165) is 38.8 Å². The minimum atomic E-state index is -0.333. The molecule has 10 nitrogen and oxygen atoms in total. The van der Waals surface area contributed by atoms with Crippen molar-refractivity contribution in [3.63, 3.8) is 0 Å². The highest BCUT2D eigenvalue weighted by Gasteiger charge is 2.23. The van der Waals surface area contributed by atoms with Crippen LogP contribution in [-0.4, -0.2) is 65.0 Å². The summed E-state index contributed by atoms with van der Waals surface area (Å²) >= 11 is 6.35. The number of aromatic nitrogens is 2. The van der Waals surface area contributed by atoms with Gasteiger partial charge in [0.1, 0.15) is 10.8 Å². The smallest absolute Gasteiger partial charge is 0.251 e. The molecule has 1 aromatic carbocycles. The third kappa shape index (κ3) is 9.54. The summed E-state index contributed by atoms with van der Waals surface area (Å²) in [5.74, 6) is 1.18. The SMILES string of the molecule is CC(N)=O.COc1cc(C(=O)NC2CCN(C(C)C)CC2)ccc1Nc1ncc(Cl)c(NC2CCCCC2)n1. The Bertz CT molecular complexity index is 1100. The zero-order valence-electron chi connectivity index (χ0n) is 23.4. The molecule has 2 aromatic rings. The number of benzene rings is 1. The van der Waals surface area contributed by atoms with E-state index in [0.29, 0.717) is 45.9 Å². The number of nitrogens with zero attached hydrogens (tertiary/aromatic N) is 3. The van der Waals surface area contributed by atoms with E-state index < -0.39 is 0 Å². The van der Waals surface area contributed by atoms with Gasteiger partial charge in [-0.15, -0.1) is 0 Å². The number of hydrogen-bond acceptors (Lipinski definition) is 8. The summed E-state index contributed by atoms with van der Waals surface area (Å²) in [5.41, 5.74) is 5.72. The summed E-state index contributed by atoms with van der Waals surface area (Å²) in [6.45, 7) is 7.74. The fourth-order valence-corrected chi connectivity index (χ4v) is 5.00. The van der Waals surface area contributed by atoms with E-state index in [1.165, 1.54) is 26.2 Å². The number of ether oxygens (including phenoxy) is 1. The molecule has 0 radical (unpaired) electrons. The van der Waals surface area contributed by atoms with Gasteiger partial charge in [-0.25, -0.2) is 4.98 Å². The molecule has 2 fully saturated rings. The van der Waals surface area contributed by atoms with Gasteiger partial charge < -0.3 is 31.3 Å². The topological polar surface area (TPSA) is 134 Å². The van der Waals surface area contributed by atoms with Crippen molar-refractivity contribution in [3.05, 3.63) is 35.0 Å². The highest BCUT2D eigenvalue weighted by molar-refractivity contribution is 6.32. The highest BCUT2D eigenvalue weighted by Crippen LogP contribution is 2.30. The van der Waals surface area contributed by atoms with Crippen molar-refractivity contribution < 1.29 is 14.3 Å². The average molecular weight is 560 g/mol. The van der Waals surface area contributed by atoms with Crippen molar-refractivity contribution in [2.45, 2.75) is 83.8 Å². The minimum absolute atomic E-state index is 0.0837. The lowest BCUT2D eigenvalue weighted by atomic mass is 9.95. The van der Waals surface area contributed by atoms with Gasteiger partial charge in [-0.3, -0.25) is 9.59 Å². The van der Waals surface area contributed by atoms with Crippen LogP contribution in [0.15, 0.2) is 24.4 Å². The molecule has 0 unspecified atom stereocenters. The van der Waals surface area contributed by atoms with Crippen LogP contribution in [0.5, 0.6) is 5.75 Å². The number of primary amides is 1. The molecular weight excluding hydrogens is 518 g/mol.